The molecule has 0 saturated heterocycles. The van der Waals surface area contributed by atoms with Gasteiger partial charge in [0.1, 0.15) is 46.0 Å². The largest absolute Gasteiger partial charge is 0.478 e. The van der Waals surface area contributed by atoms with Crippen molar-refractivity contribution in [2.45, 2.75) is 184 Å². The molecule has 3 aliphatic carbocycles. The Kier molecular flexibility index (Phi) is 20.3. The molecule has 2 N–H and O–H groups in total. The molecule has 0 unspecified atom stereocenters. The molecule has 728 valence electrons. The van der Waals surface area contributed by atoms with E-state index < -0.39 is 35.6 Å². The van der Waals surface area contributed by atoms with Gasteiger partial charge in [-0.2, -0.15) is 0 Å². The number of rotatable bonds is 16. The SMILES string of the molecule is CC(C)c1cc(C(=O)O)cc(C(C)C)c1N1C(=O)c2cc(Oc3ccc(C(C)(C)C)cc3)c3c4ccc5c6c(ccc(c7c(Oc8ccc(C(C)(C)C)cc8)cc(c2c37)C1=O)c64)-c1cc2cc3c(cc2cc1-5)/C=C\c1cc2cc4c(cc2cc1/C=C\3)-c1ccc2c3c(Oc5ccc(C(C)(C)C)cc5)cc5c6c(cc(Oc7ccc(C(C)(C)C)cc7)c(c7ccc-4c1c72)c63)C(=O)N(c1c(C(C)C)cc(C(=O)O)cc1C(C)C)C5=O. The summed E-state index contributed by atoms with van der Waals surface area (Å²) in [5.41, 5.74) is 20.9. The second-order valence-electron chi connectivity index (χ2n) is 46.6. The van der Waals surface area contributed by atoms with Crippen LogP contribution in [0.1, 0.15) is 291 Å². The number of aromatic carboxylic acids is 2. The van der Waals surface area contributed by atoms with Gasteiger partial charge in [0.25, 0.3) is 23.6 Å². The van der Waals surface area contributed by atoms with E-state index in [1.54, 1.807) is 24.3 Å². The lowest BCUT2D eigenvalue weighted by Crippen LogP contribution is -2.42. The van der Waals surface area contributed by atoms with Gasteiger partial charge in [-0.1, -0.05) is 260 Å². The van der Waals surface area contributed by atoms with Gasteiger partial charge < -0.3 is 29.2 Å². The van der Waals surface area contributed by atoms with Crippen LogP contribution in [-0.2, 0) is 21.7 Å². The number of amides is 4. The summed E-state index contributed by atoms with van der Waals surface area (Å²) in [5, 5.41) is 38.1. The maximum absolute atomic E-state index is 16.4. The maximum Gasteiger partial charge on any atom is 0.335 e. The highest BCUT2D eigenvalue weighted by Crippen LogP contribution is 2.62. The summed E-state index contributed by atoms with van der Waals surface area (Å²) in [6, 6.07) is 82.4. The Hall–Kier alpha value is -16.6. The first-order chi connectivity index (χ1) is 70.5. The lowest BCUT2D eigenvalue weighted by molar-refractivity contribution is 0.0686. The minimum Gasteiger partial charge on any atom is -0.478 e. The van der Waals surface area contributed by atoms with E-state index in [0.29, 0.717) is 123 Å². The summed E-state index contributed by atoms with van der Waals surface area (Å²) in [6.45, 7) is 41.7. The Labute approximate surface area is 858 Å². The molecule has 14 heteroatoms. The molecule has 0 aromatic heterocycles. The number of nitrogens with zero attached hydrogens (tertiary/aromatic N) is 2. The average molecular weight is 1940 g/mol. The summed E-state index contributed by atoms with van der Waals surface area (Å²) in [5.74, 6) is -1.71. The van der Waals surface area contributed by atoms with Crippen LogP contribution in [0.3, 0.4) is 0 Å². The minimum atomic E-state index is -1.11. The molecule has 0 bridgehead atoms. The molecule has 0 radical (unpaired) electrons. The van der Waals surface area contributed by atoms with Gasteiger partial charge in [-0.25, -0.2) is 19.4 Å². The second-order valence-corrected chi connectivity index (χ2v) is 46.6. The predicted molar refractivity (Wildman–Crippen MR) is 603 cm³/mol. The summed E-state index contributed by atoms with van der Waals surface area (Å²) in [4.78, 5) is 93.9. The van der Waals surface area contributed by atoms with Crippen molar-refractivity contribution in [3.8, 4) is 90.5 Å². The zero-order valence-electron chi connectivity index (χ0n) is 86.6. The third kappa shape index (κ3) is 14.1. The van der Waals surface area contributed by atoms with Crippen LogP contribution >= 0.6 is 0 Å². The lowest BCUT2D eigenvalue weighted by Gasteiger charge is -2.34. The van der Waals surface area contributed by atoms with Gasteiger partial charge in [-0.15, -0.1) is 0 Å². The van der Waals surface area contributed by atoms with Crippen LogP contribution in [0.15, 0.2) is 243 Å². The monoisotopic (exact) mass is 1940 g/mol. The Balaban J connectivity index is 0.629. The fourth-order valence-electron chi connectivity index (χ4n) is 24.1. The van der Waals surface area contributed by atoms with Gasteiger partial charge in [0.15, 0.2) is 0 Å². The quantitative estimate of drug-likeness (QED) is 0.0530. The van der Waals surface area contributed by atoms with Crippen molar-refractivity contribution in [2.24, 2.45) is 0 Å². The molecule has 20 aromatic carbocycles. The van der Waals surface area contributed by atoms with Gasteiger partial charge in [-0.3, -0.25) is 19.2 Å². The molecule has 148 heavy (non-hydrogen) atoms. The van der Waals surface area contributed by atoms with E-state index in [2.05, 4.69) is 253 Å². The smallest absolute Gasteiger partial charge is 0.335 e. The number of carboxylic acid groups (broad SMARTS) is 2. The van der Waals surface area contributed by atoms with Crippen LogP contribution < -0.4 is 28.7 Å². The molecule has 4 amide bonds. The molecule has 0 fully saturated rings. The molecular formula is C134H110N2O12. The first-order valence-corrected chi connectivity index (χ1v) is 51.4. The number of carboxylic acids is 2. The number of carbonyl (C=O) groups is 6. The van der Waals surface area contributed by atoms with E-state index in [9.17, 15) is 19.8 Å². The molecule has 5 aliphatic rings. The number of hydrogen-bond acceptors (Lipinski definition) is 10. The third-order valence-corrected chi connectivity index (χ3v) is 31.8. The standard InChI is InChI=1S/C134H110N2O12/c1-65(2)95-57-77(129(141)142)58-96(66(3)4)123(95)135-125(137)103-61-107(145-83-33-25-79(26-34-83)131(9,10)11)117-91-45-41-87-99-53-73-49-69-21-23-71-51-75-55-101-89-43-47-93-114-94(48-44-90(112(89)114)102(101)56-76(75)52-72(71)24-22-70(69)50-74(73)54-100(99)88-42-46-92(113(91)111(87)88)118-108(62-104(126(135)138)115(103)121(117)118)146-84-35-27-80(28-36-84)132(12,13)14)120-110(148-86-39-31-82(32-40-86)134(18,19)20)64-106-116-105(63-109(119(93)122(116)120)147-85-37-29-81(30-38-85)133(15,16)17)127(139)136(128(106)140)124-97(67(5)6)59-78(130(143)144)60-98(124)68(7)8/h21-68H,1-20H3,(H,141,142)(H,143,144)/b23-21-,24-22-,69-21?,70-22?,71-23?,72-24?. The molecule has 2 aliphatic heterocycles. The molecular weight excluding hydrogens is 1830 g/mol. The number of carbonyl (C=O) groups excluding carboxylic acids is 4. The number of hydrogen-bond donors (Lipinski definition) is 2. The number of benzene rings is 20. The van der Waals surface area contributed by atoms with Crippen LogP contribution in [0.5, 0.6) is 46.0 Å². The maximum atomic E-state index is 16.4. The topological polar surface area (TPSA) is 186 Å². The van der Waals surface area contributed by atoms with E-state index in [1.165, 1.54) is 9.80 Å². The van der Waals surface area contributed by atoms with Crippen LogP contribution in [0.2, 0.25) is 0 Å². The Bertz CT molecular complexity index is 8440. The fraction of sp³-hybridized carbons (Fsp3) is 0.209. The minimum absolute atomic E-state index is 0.0729. The van der Waals surface area contributed by atoms with Crippen molar-refractivity contribution in [2.75, 3.05) is 9.80 Å². The van der Waals surface area contributed by atoms with Crippen LogP contribution in [0.25, 0.3) is 177 Å². The Morgan fingerprint density at radius 1 is 0.236 bits per heavy atom. The molecule has 0 atom stereocenters. The number of fused-ring (bicyclic) bond motifs is 14. The summed E-state index contributed by atoms with van der Waals surface area (Å²) >= 11 is 0. The molecule has 2 heterocycles. The highest BCUT2D eigenvalue weighted by Gasteiger charge is 2.45. The zero-order valence-corrected chi connectivity index (χ0v) is 86.6. The van der Waals surface area contributed by atoms with E-state index in [0.717, 1.165) is 154 Å². The van der Waals surface area contributed by atoms with Crippen molar-refractivity contribution in [3.05, 3.63) is 343 Å². The number of ether oxygens (including phenoxy) is 4. The van der Waals surface area contributed by atoms with Gasteiger partial charge in [-0.05, 0) is 367 Å². The Morgan fingerprint density at radius 2 is 0.446 bits per heavy atom. The first kappa shape index (κ1) is 92.5. The highest BCUT2D eigenvalue weighted by molar-refractivity contribution is 6.48. The highest BCUT2D eigenvalue weighted by atomic mass is 16.5. The van der Waals surface area contributed by atoms with Crippen LogP contribution in [0.4, 0.5) is 11.4 Å². The summed E-state index contributed by atoms with van der Waals surface area (Å²) < 4.78 is 29.4. The van der Waals surface area contributed by atoms with Crippen molar-refractivity contribution >= 4 is 179 Å². The van der Waals surface area contributed by atoms with Gasteiger partial charge in [0, 0.05) is 43.1 Å². The molecule has 0 saturated carbocycles. The molecule has 20 aromatic rings. The van der Waals surface area contributed by atoms with E-state index >= 15 is 19.2 Å². The predicted octanol–water partition coefficient (Wildman–Crippen LogP) is 35.9. The van der Waals surface area contributed by atoms with Gasteiger partial charge >= 0.3 is 11.9 Å². The number of anilines is 2. The molecule has 14 nitrogen and oxygen atoms in total. The van der Waals surface area contributed by atoms with Crippen molar-refractivity contribution < 1.29 is 57.9 Å². The molecule has 25 rings (SSSR count). The van der Waals surface area contributed by atoms with E-state index in [4.69, 9.17) is 18.9 Å². The first-order valence-electron chi connectivity index (χ1n) is 51.4. The van der Waals surface area contributed by atoms with Crippen LogP contribution in [-0.4, -0.2) is 45.8 Å². The Morgan fingerprint density at radius 3 is 0.642 bits per heavy atom. The molecule has 0 spiro atoms. The summed E-state index contributed by atoms with van der Waals surface area (Å²) in [7, 11) is 0. The lowest BCUT2D eigenvalue weighted by atomic mass is 9.82. The van der Waals surface area contributed by atoms with Gasteiger partial charge in [0.2, 0.25) is 0 Å². The van der Waals surface area contributed by atoms with Crippen molar-refractivity contribution in [3.63, 3.8) is 0 Å². The summed E-state index contributed by atoms with van der Waals surface area (Å²) in [6.07, 6.45) is 8.98. The number of imide groups is 2. The van der Waals surface area contributed by atoms with Crippen molar-refractivity contribution in [1.29, 1.82) is 0 Å². The zero-order chi connectivity index (χ0) is 103. The normalized spacial score (nSPS) is 14.3. The van der Waals surface area contributed by atoms with E-state index in [-0.39, 0.29) is 78.7 Å². The van der Waals surface area contributed by atoms with E-state index in [1.807, 2.05) is 128 Å². The average Bonchev–Trinajstić information content (AvgIpc) is 1.48. The van der Waals surface area contributed by atoms with Gasteiger partial charge in [0.05, 0.1) is 44.8 Å². The van der Waals surface area contributed by atoms with Crippen molar-refractivity contribution in [1.82, 2.24) is 0 Å². The fourth-order valence-corrected chi connectivity index (χ4v) is 24.1. The second kappa shape index (κ2) is 32.5. The van der Waals surface area contributed by atoms with Crippen LogP contribution in [0, 0.1) is 0 Å². The third-order valence-electron chi connectivity index (χ3n) is 31.8.